The minimum absolute atomic E-state index is 0.845. The standard InChI is InChI=1S/C15H25NS/c1-2-14(16-3-1)9-17-15-12-5-10-4-11(7-12)8-13(15)6-10/h10-16H,1-9H2. The summed E-state index contributed by atoms with van der Waals surface area (Å²) in [7, 11) is 0. The van der Waals surface area contributed by atoms with Gasteiger partial charge in [-0.05, 0) is 75.2 Å². The third-order valence-electron chi connectivity index (χ3n) is 5.79. The third-order valence-corrected chi connectivity index (χ3v) is 7.54. The summed E-state index contributed by atoms with van der Waals surface area (Å²) < 4.78 is 0. The van der Waals surface area contributed by atoms with Crippen LogP contribution in [0.5, 0.6) is 0 Å². The molecule has 1 saturated heterocycles. The molecule has 5 rings (SSSR count). The van der Waals surface area contributed by atoms with Crippen LogP contribution in [0.1, 0.15) is 44.9 Å². The summed E-state index contributed by atoms with van der Waals surface area (Å²) in [6.45, 7) is 1.27. The molecule has 1 heterocycles. The van der Waals surface area contributed by atoms with E-state index in [4.69, 9.17) is 0 Å². The Morgan fingerprint density at radius 1 is 0.941 bits per heavy atom. The summed E-state index contributed by atoms with van der Waals surface area (Å²) in [5.41, 5.74) is 0. The average molecular weight is 251 g/mol. The highest BCUT2D eigenvalue weighted by Gasteiger charge is 2.48. The molecule has 0 aromatic carbocycles. The molecule has 0 radical (unpaired) electrons. The lowest BCUT2D eigenvalue weighted by molar-refractivity contribution is 0.0267. The maximum atomic E-state index is 3.66. The van der Waals surface area contributed by atoms with E-state index in [1.807, 2.05) is 0 Å². The molecule has 17 heavy (non-hydrogen) atoms. The minimum Gasteiger partial charge on any atom is -0.313 e. The molecular formula is C15H25NS. The zero-order valence-electron chi connectivity index (χ0n) is 10.7. The lowest BCUT2D eigenvalue weighted by Gasteiger charge is -2.54. The molecule has 1 atom stereocenters. The third kappa shape index (κ3) is 2.06. The molecule has 0 aromatic rings. The molecular weight excluding hydrogens is 226 g/mol. The zero-order chi connectivity index (χ0) is 11.2. The number of rotatable bonds is 3. The van der Waals surface area contributed by atoms with Gasteiger partial charge in [-0.15, -0.1) is 0 Å². The molecule has 0 aromatic heterocycles. The van der Waals surface area contributed by atoms with Crippen molar-refractivity contribution in [3.05, 3.63) is 0 Å². The highest BCUT2D eigenvalue weighted by Crippen LogP contribution is 2.57. The van der Waals surface area contributed by atoms with Crippen LogP contribution in [0.3, 0.4) is 0 Å². The van der Waals surface area contributed by atoms with Crippen LogP contribution < -0.4 is 5.32 Å². The van der Waals surface area contributed by atoms with Gasteiger partial charge in [-0.3, -0.25) is 0 Å². The molecule has 1 nitrogen and oxygen atoms in total. The summed E-state index contributed by atoms with van der Waals surface area (Å²) in [6.07, 6.45) is 10.8. The van der Waals surface area contributed by atoms with Crippen molar-refractivity contribution in [2.24, 2.45) is 23.7 Å². The molecule has 4 bridgehead atoms. The Balaban J connectivity index is 1.37. The van der Waals surface area contributed by atoms with Crippen molar-refractivity contribution in [1.29, 1.82) is 0 Å². The predicted octanol–water partition coefficient (Wildman–Crippen LogP) is 3.30. The molecule has 5 fully saturated rings. The lowest BCUT2D eigenvalue weighted by atomic mass is 9.56. The van der Waals surface area contributed by atoms with Gasteiger partial charge in [-0.25, -0.2) is 0 Å². The summed E-state index contributed by atoms with van der Waals surface area (Å²) in [6, 6.07) is 0.845. The van der Waals surface area contributed by atoms with E-state index in [-0.39, 0.29) is 0 Å². The van der Waals surface area contributed by atoms with Gasteiger partial charge in [0.05, 0.1) is 0 Å². The first-order chi connectivity index (χ1) is 8.38. The van der Waals surface area contributed by atoms with Gasteiger partial charge in [0.2, 0.25) is 0 Å². The molecule has 1 N–H and O–H groups in total. The Bertz CT molecular complexity index is 257. The fourth-order valence-electron chi connectivity index (χ4n) is 5.27. The average Bonchev–Trinajstić information content (AvgIpc) is 2.80. The molecule has 2 heteroatoms. The first-order valence-corrected chi connectivity index (χ1v) is 8.78. The van der Waals surface area contributed by atoms with Crippen LogP contribution in [0.4, 0.5) is 0 Å². The second-order valence-electron chi connectivity index (χ2n) is 7.02. The largest absolute Gasteiger partial charge is 0.313 e. The van der Waals surface area contributed by atoms with Gasteiger partial charge in [0.25, 0.3) is 0 Å². The van der Waals surface area contributed by atoms with Crippen molar-refractivity contribution in [3.63, 3.8) is 0 Å². The van der Waals surface area contributed by atoms with Gasteiger partial charge in [-0.2, -0.15) is 11.8 Å². The monoisotopic (exact) mass is 251 g/mol. The number of nitrogens with one attached hydrogen (secondary N) is 1. The topological polar surface area (TPSA) is 12.0 Å². The van der Waals surface area contributed by atoms with Crippen LogP contribution in [0.25, 0.3) is 0 Å². The fourth-order valence-corrected chi connectivity index (χ4v) is 7.00. The van der Waals surface area contributed by atoms with Crippen LogP contribution in [0.15, 0.2) is 0 Å². The highest BCUT2D eigenvalue weighted by atomic mass is 32.2. The Labute approximate surface area is 109 Å². The van der Waals surface area contributed by atoms with Crippen molar-refractivity contribution < 1.29 is 0 Å². The summed E-state index contributed by atoms with van der Waals surface area (Å²) >= 11 is 2.35. The molecule has 96 valence electrons. The van der Waals surface area contributed by atoms with Gasteiger partial charge in [0.1, 0.15) is 0 Å². The Kier molecular flexibility index (Phi) is 2.92. The van der Waals surface area contributed by atoms with E-state index in [1.165, 1.54) is 25.1 Å². The summed E-state index contributed by atoms with van der Waals surface area (Å²) in [4.78, 5) is 0. The van der Waals surface area contributed by atoms with Crippen molar-refractivity contribution in [2.45, 2.75) is 56.2 Å². The maximum Gasteiger partial charge on any atom is 0.0158 e. The molecule has 0 spiro atoms. The van der Waals surface area contributed by atoms with Gasteiger partial charge >= 0.3 is 0 Å². The lowest BCUT2D eigenvalue weighted by Crippen LogP contribution is -2.47. The number of hydrogen-bond donors (Lipinski definition) is 1. The van der Waals surface area contributed by atoms with E-state index < -0.39 is 0 Å². The maximum absolute atomic E-state index is 3.66. The van der Waals surface area contributed by atoms with Crippen molar-refractivity contribution in [1.82, 2.24) is 5.32 Å². The second kappa shape index (κ2) is 4.45. The SMILES string of the molecule is C1CNC(CSC2C3CC4CC(C3)CC2C4)C1. The Morgan fingerprint density at radius 3 is 2.24 bits per heavy atom. The van der Waals surface area contributed by atoms with E-state index >= 15 is 0 Å². The van der Waals surface area contributed by atoms with E-state index in [1.54, 1.807) is 32.1 Å². The Hall–Kier alpha value is 0.310. The molecule has 0 amide bonds. The van der Waals surface area contributed by atoms with Gasteiger partial charge in [0.15, 0.2) is 0 Å². The molecule has 4 saturated carbocycles. The van der Waals surface area contributed by atoms with E-state index in [0.717, 1.165) is 35.0 Å². The van der Waals surface area contributed by atoms with Crippen molar-refractivity contribution in [3.8, 4) is 0 Å². The quantitative estimate of drug-likeness (QED) is 0.826. The van der Waals surface area contributed by atoms with Crippen LogP contribution in [0, 0.1) is 23.7 Å². The van der Waals surface area contributed by atoms with E-state index in [9.17, 15) is 0 Å². The van der Waals surface area contributed by atoms with Crippen LogP contribution in [-0.2, 0) is 0 Å². The van der Waals surface area contributed by atoms with Crippen LogP contribution in [0.2, 0.25) is 0 Å². The summed E-state index contributed by atoms with van der Waals surface area (Å²) in [5, 5.41) is 4.71. The smallest absolute Gasteiger partial charge is 0.0158 e. The van der Waals surface area contributed by atoms with E-state index in [2.05, 4.69) is 17.1 Å². The zero-order valence-corrected chi connectivity index (χ0v) is 11.6. The van der Waals surface area contributed by atoms with Crippen molar-refractivity contribution in [2.75, 3.05) is 12.3 Å². The molecule has 4 aliphatic carbocycles. The van der Waals surface area contributed by atoms with Gasteiger partial charge in [0, 0.05) is 17.0 Å². The van der Waals surface area contributed by atoms with Gasteiger partial charge < -0.3 is 5.32 Å². The molecule has 5 aliphatic rings. The fraction of sp³-hybridized carbons (Fsp3) is 1.00. The number of thioether (sulfide) groups is 1. The molecule has 1 unspecified atom stereocenters. The first kappa shape index (κ1) is 11.2. The molecule has 1 aliphatic heterocycles. The first-order valence-electron chi connectivity index (χ1n) is 7.73. The normalized spacial score (nSPS) is 52.2. The van der Waals surface area contributed by atoms with Gasteiger partial charge in [-0.1, -0.05) is 0 Å². The number of hydrogen-bond acceptors (Lipinski definition) is 2. The van der Waals surface area contributed by atoms with Crippen LogP contribution in [-0.4, -0.2) is 23.6 Å². The highest BCUT2D eigenvalue weighted by molar-refractivity contribution is 8.00. The summed E-state index contributed by atoms with van der Waals surface area (Å²) in [5.74, 6) is 5.89. The Morgan fingerprint density at radius 2 is 1.65 bits per heavy atom. The van der Waals surface area contributed by atoms with E-state index in [0.29, 0.717) is 0 Å². The minimum atomic E-state index is 0.845. The second-order valence-corrected chi connectivity index (χ2v) is 8.23. The van der Waals surface area contributed by atoms with Crippen LogP contribution >= 0.6 is 11.8 Å². The predicted molar refractivity (Wildman–Crippen MR) is 74.3 cm³/mol. The van der Waals surface area contributed by atoms with Crippen molar-refractivity contribution >= 4 is 11.8 Å².